The Bertz CT molecular complexity index is 967. The lowest BCUT2D eigenvalue weighted by Gasteiger charge is -2.43. The number of nitrogens with zero attached hydrogens (tertiary/aromatic N) is 2. The van der Waals surface area contributed by atoms with E-state index in [2.05, 4.69) is 0 Å². The average molecular weight is 395 g/mol. The minimum atomic E-state index is -5.08. The number of ether oxygens (including phenoxy) is 1. The Morgan fingerprint density at radius 3 is 2.39 bits per heavy atom. The molecule has 0 saturated carbocycles. The van der Waals surface area contributed by atoms with E-state index in [0.29, 0.717) is 0 Å². The van der Waals surface area contributed by atoms with E-state index in [1.165, 1.54) is 30.3 Å². The minimum absolute atomic E-state index is 0.0646. The molecule has 28 heavy (non-hydrogen) atoms. The Labute approximate surface area is 156 Å². The zero-order valence-corrected chi connectivity index (χ0v) is 14.4. The third-order valence-electron chi connectivity index (χ3n) is 5.35. The zero-order chi connectivity index (χ0) is 20.3. The number of ketones is 1. The minimum Gasteiger partial charge on any atom is -0.387 e. The SMILES string of the molecule is O=C1CCCC2=C1CC1=C(C([N+](=O)[O-])OC1=O)[N+]2(c1ccccc1)C(F)(F)F. The van der Waals surface area contributed by atoms with Crippen molar-refractivity contribution in [3.8, 4) is 0 Å². The fourth-order valence-corrected chi connectivity index (χ4v) is 4.31. The summed E-state index contributed by atoms with van der Waals surface area (Å²) in [5.74, 6) is -1.67. The second kappa shape index (κ2) is 5.99. The molecular weight excluding hydrogens is 381 g/mol. The van der Waals surface area contributed by atoms with E-state index in [-0.39, 0.29) is 42.6 Å². The van der Waals surface area contributed by atoms with Crippen molar-refractivity contribution in [3.05, 3.63) is 63.0 Å². The van der Waals surface area contributed by atoms with Gasteiger partial charge in [-0.3, -0.25) is 14.9 Å². The summed E-state index contributed by atoms with van der Waals surface area (Å²) < 4.78 is 47.1. The molecule has 1 aromatic carbocycles. The van der Waals surface area contributed by atoms with Crippen molar-refractivity contribution in [2.75, 3.05) is 0 Å². The van der Waals surface area contributed by atoms with Crippen LogP contribution in [-0.2, 0) is 14.3 Å². The molecule has 2 heterocycles. The molecule has 10 heteroatoms. The van der Waals surface area contributed by atoms with Gasteiger partial charge in [0.25, 0.3) is 5.70 Å². The first-order valence-corrected chi connectivity index (χ1v) is 8.55. The summed E-state index contributed by atoms with van der Waals surface area (Å²) in [7, 11) is 0. The van der Waals surface area contributed by atoms with Crippen molar-refractivity contribution in [3.63, 3.8) is 0 Å². The van der Waals surface area contributed by atoms with Gasteiger partial charge in [0.05, 0.1) is 10.5 Å². The number of carbonyl (C=O) groups excluding carboxylic acids is 2. The third kappa shape index (κ3) is 2.27. The van der Waals surface area contributed by atoms with Gasteiger partial charge in [-0.25, -0.2) is 4.79 Å². The predicted octanol–water partition coefficient (Wildman–Crippen LogP) is 3.34. The van der Waals surface area contributed by atoms with Gasteiger partial charge in [0.15, 0.2) is 5.78 Å². The number of cyclic esters (lactones) is 1. The van der Waals surface area contributed by atoms with Gasteiger partial charge in [-0.2, -0.15) is 0 Å². The van der Waals surface area contributed by atoms with Crippen LogP contribution in [0.25, 0.3) is 0 Å². The molecule has 7 nitrogen and oxygen atoms in total. The first-order chi connectivity index (χ1) is 13.2. The lowest BCUT2D eigenvalue weighted by molar-refractivity contribution is -0.557. The van der Waals surface area contributed by atoms with Crippen LogP contribution in [0.5, 0.6) is 0 Å². The average Bonchev–Trinajstić information content (AvgIpc) is 2.97. The molecule has 0 radical (unpaired) electrons. The smallest absolute Gasteiger partial charge is 0.387 e. The zero-order valence-electron chi connectivity index (χ0n) is 14.4. The summed E-state index contributed by atoms with van der Waals surface area (Å²) in [5, 5.41) is 11.5. The normalized spacial score (nSPS) is 27.5. The van der Waals surface area contributed by atoms with Gasteiger partial charge in [0, 0.05) is 31.4 Å². The van der Waals surface area contributed by atoms with Crippen LogP contribution in [0.3, 0.4) is 0 Å². The summed E-state index contributed by atoms with van der Waals surface area (Å²) in [6, 6.07) is 6.64. The van der Waals surface area contributed by atoms with Gasteiger partial charge in [-0.1, -0.05) is 18.2 Å². The fraction of sp³-hybridized carbons (Fsp3) is 0.333. The van der Waals surface area contributed by atoms with E-state index in [4.69, 9.17) is 4.74 Å². The number of allylic oxidation sites excluding steroid dienone is 2. The van der Waals surface area contributed by atoms with Crippen LogP contribution in [0.1, 0.15) is 25.7 Å². The topological polar surface area (TPSA) is 86.5 Å². The number of para-hydroxylation sites is 1. The molecule has 0 saturated heterocycles. The van der Waals surface area contributed by atoms with Crippen LogP contribution in [0, 0.1) is 10.1 Å². The molecule has 2 unspecified atom stereocenters. The lowest BCUT2D eigenvalue weighted by atomic mass is 9.83. The molecule has 0 N–H and O–H groups in total. The molecule has 1 aliphatic carbocycles. The molecule has 2 atom stereocenters. The van der Waals surface area contributed by atoms with Crippen LogP contribution >= 0.6 is 0 Å². The van der Waals surface area contributed by atoms with Crippen LogP contribution < -0.4 is 4.48 Å². The van der Waals surface area contributed by atoms with Crippen LogP contribution in [-0.4, -0.2) is 29.2 Å². The first-order valence-electron chi connectivity index (χ1n) is 8.55. The van der Waals surface area contributed by atoms with Crippen molar-refractivity contribution < 1.29 is 32.4 Å². The molecule has 2 aliphatic heterocycles. The highest BCUT2D eigenvalue weighted by atomic mass is 19.4. The first kappa shape index (κ1) is 18.4. The Hall–Kier alpha value is -3.01. The van der Waals surface area contributed by atoms with Gasteiger partial charge in [-0.15, -0.1) is 17.7 Å². The number of alkyl halides is 3. The van der Waals surface area contributed by atoms with Gasteiger partial charge in [0.1, 0.15) is 17.0 Å². The summed E-state index contributed by atoms with van der Waals surface area (Å²) in [4.78, 5) is 35.2. The van der Waals surface area contributed by atoms with E-state index < -0.39 is 45.0 Å². The van der Waals surface area contributed by atoms with Crippen LogP contribution in [0.2, 0.25) is 0 Å². The quantitative estimate of drug-likeness (QED) is 0.252. The Morgan fingerprint density at radius 2 is 1.79 bits per heavy atom. The number of nitro groups is 1. The molecular formula is C18H14F3N2O5+. The highest BCUT2D eigenvalue weighted by molar-refractivity contribution is 6.03. The van der Waals surface area contributed by atoms with E-state index in [0.717, 1.165) is 0 Å². The van der Waals surface area contributed by atoms with Crippen LogP contribution in [0.15, 0.2) is 52.9 Å². The number of quaternary nitrogens is 1. The second-order valence-corrected chi connectivity index (χ2v) is 6.76. The molecule has 3 aliphatic rings. The van der Waals surface area contributed by atoms with Crippen LogP contribution in [0.4, 0.5) is 18.9 Å². The van der Waals surface area contributed by atoms with E-state index >= 15 is 0 Å². The van der Waals surface area contributed by atoms with Gasteiger partial charge < -0.3 is 4.74 Å². The van der Waals surface area contributed by atoms with Crippen molar-refractivity contribution in [1.82, 2.24) is 4.48 Å². The maximum atomic E-state index is 14.8. The third-order valence-corrected chi connectivity index (χ3v) is 5.35. The van der Waals surface area contributed by atoms with E-state index in [1.54, 1.807) is 0 Å². The Balaban J connectivity index is 2.14. The number of carbonyl (C=O) groups is 2. The van der Waals surface area contributed by atoms with Crippen molar-refractivity contribution in [2.24, 2.45) is 0 Å². The van der Waals surface area contributed by atoms with Gasteiger partial charge in [-0.05, 0) is 6.42 Å². The standard InChI is InChI=1S/C18H14F3N2O5/c19-18(20,21)23(10-5-2-1-3-6-10)13-7-4-8-14(24)11(13)9-12-15(23)16(22(26)27)28-17(12)25/h1-3,5-6,16H,4,7-9H2/q+1. The predicted molar refractivity (Wildman–Crippen MR) is 88.7 cm³/mol. The summed E-state index contributed by atoms with van der Waals surface area (Å²) >= 11 is 0. The van der Waals surface area contributed by atoms with Crippen molar-refractivity contribution in [2.45, 2.75) is 38.2 Å². The number of esters is 1. The Kier molecular flexibility index (Phi) is 3.93. The van der Waals surface area contributed by atoms with Crippen molar-refractivity contribution in [1.29, 1.82) is 0 Å². The number of rotatable bonds is 2. The highest BCUT2D eigenvalue weighted by Crippen LogP contribution is 2.55. The number of hydrogen-bond donors (Lipinski definition) is 0. The molecule has 0 amide bonds. The molecule has 0 fully saturated rings. The van der Waals surface area contributed by atoms with E-state index in [9.17, 15) is 32.9 Å². The maximum absolute atomic E-state index is 14.8. The highest BCUT2D eigenvalue weighted by Gasteiger charge is 2.72. The van der Waals surface area contributed by atoms with E-state index in [1.807, 2.05) is 0 Å². The van der Waals surface area contributed by atoms with Crippen molar-refractivity contribution >= 4 is 17.4 Å². The lowest BCUT2D eigenvalue weighted by Crippen LogP contribution is -2.62. The molecule has 146 valence electrons. The monoisotopic (exact) mass is 395 g/mol. The largest absolute Gasteiger partial charge is 0.575 e. The number of halogens is 3. The Morgan fingerprint density at radius 1 is 1.11 bits per heavy atom. The summed E-state index contributed by atoms with van der Waals surface area (Å²) in [6.07, 6.45) is -7.53. The molecule has 0 aromatic heterocycles. The van der Waals surface area contributed by atoms with Gasteiger partial charge >= 0.3 is 18.5 Å². The van der Waals surface area contributed by atoms with Gasteiger partial charge in [0.2, 0.25) is 0 Å². The summed E-state index contributed by atoms with van der Waals surface area (Å²) in [6.45, 7) is 0. The molecule has 0 spiro atoms. The number of hydrogen-bond acceptors (Lipinski definition) is 5. The fourth-order valence-electron chi connectivity index (χ4n) is 4.31. The maximum Gasteiger partial charge on any atom is 0.575 e. The number of Topliss-reactive ketones (excluding diaryl/α,β-unsaturated/α-hetero) is 1. The number of benzene rings is 1. The summed E-state index contributed by atoms with van der Waals surface area (Å²) in [5.41, 5.74) is -1.93. The molecule has 4 rings (SSSR count). The second-order valence-electron chi connectivity index (χ2n) is 6.76. The molecule has 0 bridgehead atoms. The molecule has 1 aromatic rings.